The summed E-state index contributed by atoms with van der Waals surface area (Å²) in [5.41, 5.74) is 1.03. The molecule has 2 fully saturated rings. The van der Waals surface area contributed by atoms with Crippen molar-refractivity contribution in [2.24, 2.45) is 5.92 Å². The number of thioether (sulfide) groups is 1. The fraction of sp³-hybridized carbons (Fsp3) is 0.591. The minimum Gasteiger partial charge on any atom is -0.378 e. The van der Waals surface area contributed by atoms with Crippen LogP contribution in [-0.4, -0.2) is 69.8 Å². The summed E-state index contributed by atoms with van der Waals surface area (Å²) in [4.78, 5) is 16.8. The molecule has 11 heteroatoms. The maximum Gasteiger partial charge on any atom is 0.406 e. The van der Waals surface area contributed by atoms with Crippen molar-refractivity contribution in [2.75, 3.05) is 37.0 Å². The third kappa shape index (κ3) is 6.41. The van der Waals surface area contributed by atoms with Gasteiger partial charge in [0.2, 0.25) is 11.9 Å². The zero-order chi connectivity index (χ0) is 23.4. The molecule has 33 heavy (non-hydrogen) atoms. The van der Waals surface area contributed by atoms with Crippen LogP contribution >= 0.6 is 11.8 Å². The Morgan fingerprint density at radius 1 is 1.21 bits per heavy atom. The third-order valence-electron chi connectivity index (χ3n) is 5.97. The number of carbonyl (C=O) groups excluding carboxylic acids is 1. The van der Waals surface area contributed by atoms with Gasteiger partial charge in [-0.25, -0.2) is 0 Å². The van der Waals surface area contributed by atoms with Crippen molar-refractivity contribution in [3.8, 4) is 0 Å². The Kier molecular flexibility index (Phi) is 7.48. The summed E-state index contributed by atoms with van der Waals surface area (Å²) in [5.74, 6) is 0.531. The summed E-state index contributed by atoms with van der Waals surface area (Å²) in [6.45, 7) is 3.07. The lowest BCUT2D eigenvalue weighted by Crippen LogP contribution is -2.40. The molecule has 7 nitrogen and oxygen atoms in total. The van der Waals surface area contributed by atoms with E-state index < -0.39 is 12.7 Å². The fourth-order valence-corrected chi connectivity index (χ4v) is 4.80. The first kappa shape index (κ1) is 23.9. The van der Waals surface area contributed by atoms with Crippen LogP contribution in [0.15, 0.2) is 35.5 Å². The first-order valence-electron chi connectivity index (χ1n) is 11.1. The molecule has 1 unspecified atom stereocenters. The number of morpholine rings is 1. The molecule has 1 atom stereocenters. The van der Waals surface area contributed by atoms with Crippen LogP contribution in [-0.2, 0) is 22.6 Å². The SMILES string of the molecule is CC(C1CC1)N(Cc1ccccc1)C(=O)CSc1nnc(N2CCOCC2)n1CC(F)(F)F. The number of alkyl halides is 3. The minimum absolute atomic E-state index is 0.00297. The smallest absolute Gasteiger partial charge is 0.378 e. The van der Waals surface area contributed by atoms with Crippen molar-refractivity contribution in [1.82, 2.24) is 19.7 Å². The number of amides is 1. The van der Waals surface area contributed by atoms with E-state index in [1.807, 2.05) is 42.2 Å². The third-order valence-corrected chi connectivity index (χ3v) is 6.92. The van der Waals surface area contributed by atoms with E-state index in [9.17, 15) is 18.0 Å². The molecule has 1 aliphatic carbocycles. The van der Waals surface area contributed by atoms with Crippen LogP contribution in [0.1, 0.15) is 25.3 Å². The van der Waals surface area contributed by atoms with E-state index in [0.717, 1.165) is 34.7 Å². The Morgan fingerprint density at radius 3 is 2.55 bits per heavy atom. The van der Waals surface area contributed by atoms with E-state index in [1.54, 1.807) is 4.90 Å². The molecule has 0 N–H and O–H groups in total. The van der Waals surface area contributed by atoms with Gasteiger partial charge in [0.25, 0.3) is 0 Å². The lowest BCUT2D eigenvalue weighted by atomic mass is 10.1. The molecule has 2 aromatic rings. The van der Waals surface area contributed by atoms with Crippen molar-refractivity contribution in [3.05, 3.63) is 35.9 Å². The van der Waals surface area contributed by atoms with Gasteiger partial charge in [-0.15, -0.1) is 10.2 Å². The van der Waals surface area contributed by atoms with Crippen LogP contribution in [0, 0.1) is 5.92 Å². The Balaban J connectivity index is 1.49. The van der Waals surface area contributed by atoms with Gasteiger partial charge in [-0.2, -0.15) is 13.2 Å². The molecule has 0 bridgehead atoms. The summed E-state index contributed by atoms with van der Waals surface area (Å²) in [6.07, 6.45) is -2.24. The van der Waals surface area contributed by atoms with Crippen LogP contribution in [0.3, 0.4) is 0 Å². The van der Waals surface area contributed by atoms with Crippen molar-refractivity contribution in [3.63, 3.8) is 0 Å². The molecule has 1 saturated heterocycles. The van der Waals surface area contributed by atoms with Crippen LogP contribution < -0.4 is 4.90 Å². The van der Waals surface area contributed by atoms with Gasteiger partial charge in [0.1, 0.15) is 6.54 Å². The molecule has 0 radical (unpaired) electrons. The number of halogens is 3. The number of rotatable bonds is 9. The van der Waals surface area contributed by atoms with Crippen molar-refractivity contribution in [1.29, 1.82) is 0 Å². The second-order valence-electron chi connectivity index (χ2n) is 8.46. The highest BCUT2D eigenvalue weighted by Crippen LogP contribution is 2.36. The van der Waals surface area contributed by atoms with Gasteiger partial charge in [-0.3, -0.25) is 9.36 Å². The molecule has 4 rings (SSSR count). The molecule has 1 aromatic carbocycles. The molecule has 2 aliphatic rings. The number of nitrogens with zero attached hydrogens (tertiary/aromatic N) is 5. The average molecular weight is 484 g/mol. The standard InChI is InChI=1S/C22H28F3N5O2S/c1-16(18-7-8-18)29(13-17-5-3-2-4-6-17)19(31)14-33-21-27-26-20(28-9-11-32-12-10-28)30(21)15-22(23,24)25/h2-6,16,18H,7-15H2,1H3. The normalized spacial score (nSPS) is 17.8. The highest BCUT2D eigenvalue weighted by molar-refractivity contribution is 7.99. The van der Waals surface area contributed by atoms with Gasteiger partial charge in [-0.05, 0) is 31.2 Å². The fourth-order valence-electron chi connectivity index (χ4n) is 3.98. The van der Waals surface area contributed by atoms with Crippen molar-refractivity contribution in [2.45, 2.75) is 50.2 Å². The zero-order valence-corrected chi connectivity index (χ0v) is 19.3. The van der Waals surface area contributed by atoms with Crippen LogP contribution in [0.5, 0.6) is 0 Å². The first-order chi connectivity index (χ1) is 15.8. The molecule has 1 amide bonds. The van der Waals surface area contributed by atoms with Gasteiger partial charge in [-0.1, -0.05) is 42.1 Å². The predicted molar refractivity (Wildman–Crippen MR) is 119 cm³/mol. The number of hydrogen-bond acceptors (Lipinski definition) is 6. The monoisotopic (exact) mass is 483 g/mol. The second-order valence-corrected chi connectivity index (χ2v) is 9.40. The van der Waals surface area contributed by atoms with Crippen molar-refractivity contribution < 1.29 is 22.7 Å². The number of aromatic nitrogens is 3. The maximum atomic E-state index is 13.3. The van der Waals surface area contributed by atoms with E-state index in [4.69, 9.17) is 4.74 Å². The molecule has 0 spiro atoms. The lowest BCUT2D eigenvalue weighted by Gasteiger charge is -2.30. The summed E-state index contributed by atoms with van der Waals surface area (Å²) in [6, 6.07) is 9.82. The Morgan fingerprint density at radius 2 is 1.91 bits per heavy atom. The highest BCUT2D eigenvalue weighted by Gasteiger charge is 2.35. The van der Waals surface area contributed by atoms with Crippen LogP contribution in [0.2, 0.25) is 0 Å². The highest BCUT2D eigenvalue weighted by atomic mass is 32.2. The first-order valence-corrected chi connectivity index (χ1v) is 12.1. The van der Waals surface area contributed by atoms with Gasteiger partial charge < -0.3 is 14.5 Å². The number of hydrogen-bond donors (Lipinski definition) is 0. The summed E-state index contributed by atoms with van der Waals surface area (Å²) < 4.78 is 46.3. The quantitative estimate of drug-likeness (QED) is 0.508. The van der Waals surface area contributed by atoms with Crippen LogP contribution in [0.25, 0.3) is 0 Å². The molecule has 2 heterocycles. The predicted octanol–water partition coefficient (Wildman–Crippen LogP) is 3.60. The Labute approximate surface area is 195 Å². The maximum absolute atomic E-state index is 13.3. The molecule has 1 saturated carbocycles. The molecule has 1 aliphatic heterocycles. The molecule has 1 aromatic heterocycles. The number of anilines is 1. The van der Waals surface area contributed by atoms with E-state index in [-0.39, 0.29) is 28.8 Å². The van der Waals surface area contributed by atoms with E-state index in [0.29, 0.717) is 38.8 Å². The van der Waals surface area contributed by atoms with Gasteiger partial charge >= 0.3 is 6.18 Å². The van der Waals surface area contributed by atoms with Gasteiger partial charge in [0, 0.05) is 25.7 Å². The lowest BCUT2D eigenvalue weighted by molar-refractivity contribution is -0.141. The topological polar surface area (TPSA) is 63.5 Å². The Hall–Kier alpha value is -2.27. The van der Waals surface area contributed by atoms with E-state index >= 15 is 0 Å². The van der Waals surface area contributed by atoms with E-state index in [2.05, 4.69) is 10.2 Å². The van der Waals surface area contributed by atoms with Gasteiger partial charge in [0.05, 0.1) is 19.0 Å². The zero-order valence-electron chi connectivity index (χ0n) is 18.5. The average Bonchev–Trinajstić information content (AvgIpc) is 3.58. The Bertz CT molecular complexity index is 930. The summed E-state index contributed by atoms with van der Waals surface area (Å²) >= 11 is 1.01. The summed E-state index contributed by atoms with van der Waals surface area (Å²) in [7, 11) is 0. The number of carbonyl (C=O) groups is 1. The molecular weight excluding hydrogens is 455 g/mol. The number of benzene rings is 1. The number of ether oxygens (including phenoxy) is 1. The van der Waals surface area contributed by atoms with Crippen molar-refractivity contribution >= 4 is 23.6 Å². The van der Waals surface area contributed by atoms with Gasteiger partial charge in [0.15, 0.2) is 5.16 Å². The minimum atomic E-state index is -4.43. The largest absolute Gasteiger partial charge is 0.406 e. The molecular formula is C22H28F3N5O2S. The molecule has 180 valence electrons. The van der Waals surface area contributed by atoms with E-state index in [1.165, 1.54) is 0 Å². The summed E-state index contributed by atoms with van der Waals surface area (Å²) in [5, 5.41) is 8.13. The second kappa shape index (κ2) is 10.3. The van der Waals surface area contributed by atoms with Crippen LogP contribution in [0.4, 0.5) is 19.1 Å².